The summed E-state index contributed by atoms with van der Waals surface area (Å²) in [5, 5.41) is 15.3. The van der Waals surface area contributed by atoms with E-state index in [1.54, 1.807) is 18.2 Å². The molecule has 238 valence electrons. The van der Waals surface area contributed by atoms with E-state index in [1.165, 1.54) is 48.4 Å². The van der Waals surface area contributed by atoms with Crippen molar-refractivity contribution >= 4 is 45.1 Å². The molecule has 0 saturated carbocycles. The number of rotatable bonds is 10. The molecule has 1 atom stereocenters. The Labute approximate surface area is 270 Å². The number of carbonyl (C=O) groups is 3. The molecule has 3 N–H and O–H groups in total. The smallest absolute Gasteiger partial charge is 0.416 e. The first kappa shape index (κ1) is 32.4. The number of carboxylic acid groups (broad SMARTS) is 1. The number of fused-ring (bicyclic) bond motifs is 1. The maximum Gasteiger partial charge on any atom is 0.416 e. The summed E-state index contributed by atoms with van der Waals surface area (Å²) in [4.78, 5) is 38.8. The van der Waals surface area contributed by atoms with Gasteiger partial charge < -0.3 is 30.1 Å². The summed E-state index contributed by atoms with van der Waals surface area (Å²) in [5.41, 5.74) is 1.49. The highest BCUT2D eigenvalue weighted by molar-refractivity contribution is 9.10. The second kappa shape index (κ2) is 13.5. The van der Waals surface area contributed by atoms with Crippen molar-refractivity contribution in [1.29, 1.82) is 0 Å². The molecule has 1 aliphatic rings. The average molecular weight is 698 g/mol. The van der Waals surface area contributed by atoms with E-state index in [-0.39, 0.29) is 29.1 Å². The number of alkyl halides is 3. The largest absolute Gasteiger partial charge is 0.497 e. The highest BCUT2D eigenvalue weighted by atomic mass is 79.9. The molecular formula is C33H27BrF3N3O6. The molecule has 1 aliphatic heterocycles. The number of methoxy groups -OCH3 is 1. The quantitative estimate of drug-likeness (QED) is 0.165. The summed E-state index contributed by atoms with van der Waals surface area (Å²) in [6.45, 7) is -0.575. The Bertz CT molecular complexity index is 1760. The summed E-state index contributed by atoms with van der Waals surface area (Å²) in [6, 6.07) is 21.9. The fourth-order valence-electron chi connectivity index (χ4n) is 4.92. The zero-order valence-electron chi connectivity index (χ0n) is 24.2. The third kappa shape index (κ3) is 7.78. The molecule has 46 heavy (non-hydrogen) atoms. The first-order valence-corrected chi connectivity index (χ1v) is 14.7. The van der Waals surface area contributed by atoms with Crippen LogP contribution in [0.3, 0.4) is 0 Å². The van der Waals surface area contributed by atoms with E-state index < -0.39 is 48.7 Å². The third-order valence-corrected chi connectivity index (χ3v) is 7.65. The van der Waals surface area contributed by atoms with Gasteiger partial charge in [0.2, 0.25) is 5.91 Å². The van der Waals surface area contributed by atoms with Gasteiger partial charge in [0, 0.05) is 27.8 Å². The fraction of sp³-hybridized carbons (Fsp3) is 0.182. The molecule has 1 heterocycles. The second-order valence-electron chi connectivity index (χ2n) is 10.4. The molecule has 0 fully saturated rings. The highest BCUT2D eigenvalue weighted by Gasteiger charge is 2.34. The number of amides is 2. The van der Waals surface area contributed by atoms with Crippen LogP contribution >= 0.6 is 15.9 Å². The predicted octanol–water partition coefficient (Wildman–Crippen LogP) is 6.89. The van der Waals surface area contributed by atoms with Crippen molar-refractivity contribution in [3.63, 3.8) is 0 Å². The SMILES string of the molecule is COc1ccc(CC(=O)Nc2ccc(C(=O)N(CC(=O)O)Cc3ccc4c(c3)NC(c3ccc(Br)cc3)O4)cc2)c(C(F)(F)F)c1. The van der Waals surface area contributed by atoms with Crippen LogP contribution in [0.1, 0.15) is 38.8 Å². The third-order valence-electron chi connectivity index (χ3n) is 7.12. The van der Waals surface area contributed by atoms with Gasteiger partial charge in [-0.2, -0.15) is 13.2 Å². The van der Waals surface area contributed by atoms with Gasteiger partial charge in [0.25, 0.3) is 5.91 Å². The number of hydrogen-bond acceptors (Lipinski definition) is 6. The number of carbonyl (C=O) groups excluding carboxylic acids is 2. The standard InChI is InChI=1S/C33H27BrF3N3O6/c1-45-25-12-7-22(26(16-25)33(35,36)37)15-29(41)38-24-10-5-21(6-11-24)32(44)40(18-30(42)43)17-19-2-13-28-27(14-19)39-31(46-28)20-3-8-23(34)9-4-20/h2-14,16,31,39H,15,17-18H2,1H3,(H,38,41)(H,42,43). The molecule has 0 aromatic heterocycles. The molecule has 13 heteroatoms. The van der Waals surface area contributed by atoms with E-state index >= 15 is 0 Å². The number of nitrogens with zero attached hydrogens (tertiary/aromatic N) is 1. The molecule has 0 aliphatic carbocycles. The van der Waals surface area contributed by atoms with Crippen molar-refractivity contribution in [1.82, 2.24) is 4.90 Å². The summed E-state index contributed by atoms with van der Waals surface area (Å²) >= 11 is 3.41. The van der Waals surface area contributed by atoms with Crippen LogP contribution in [0, 0.1) is 0 Å². The number of halogens is 4. The predicted molar refractivity (Wildman–Crippen MR) is 167 cm³/mol. The van der Waals surface area contributed by atoms with Crippen molar-refractivity contribution < 1.29 is 42.1 Å². The molecule has 4 aromatic carbocycles. The van der Waals surface area contributed by atoms with Gasteiger partial charge in [-0.05, 0) is 71.8 Å². The zero-order chi connectivity index (χ0) is 33.0. The molecule has 4 aromatic rings. The maximum absolute atomic E-state index is 13.5. The minimum Gasteiger partial charge on any atom is -0.497 e. The molecule has 5 rings (SSSR count). The highest BCUT2D eigenvalue weighted by Crippen LogP contribution is 2.39. The van der Waals surface area contributed by atoms with E-state index in [1.807, 2.05) is 24.3 Å². The Morgan fingerprint density at radius 1 is 1.00 bits per heavy atom. The van der Waals surface area contributed by atoms with Crippen LogP contribution in [0.5, 0.6) is 11.5 Å². The minimum absolute atomic E-state index is 0.00900. The monoisotopic (exact) mass is 697 g/mol. The van der Waals surface area contributed by atoms with E-state index in [0.29, 0.717) is 17.0 Å². The van der Waals surface area contributed by atoms with Gasteiger partial charge in [0.05, 0.1) is 24.8 Å². The van der Waals surface area contributed by atoms with Gasteiger partial charge in [0.15, 0.2) is 6.23 Å². The average Bonchev–Trinajstić information content (AvgIpc) is 3.44. The Balaban J connectivity index is 1.24. The van der Waals surface area contributed by atoms with Gasteiger partial charge in [-0.3, -0.25) is 14.4 Å². The van der Waals surface area contributed by atoms with Crippen LogP contribution in [-0.4, -0.2) is 41.4 Å². The van der Waals surface area contributed by atoms with Gasteiger partial charge in [-0.25, -0.2) is 0 Å². The lowest BCUT2D eigenvalue weighted by Crippen LogP contribution is -2.35. The van der Waals surface area contributed by atoms with Crippen molar-refractivity contribution in [2.45, 2.75) is 25.4 Å². The normalized spacial score (nSPS) is 13.6. The second-order valence-corrected chi connectivity index (χ2v) is 11.3. The van der Waals surface area contributed by atoms with Crippen LogP contribution in [0.25, 0.3) is 0 Å². The van der Waals surface area contributed by atoms with E-state index in [0.717, 1.165) is 16.1 Å². The molecule has 0 saturated heterocycles. The Morgan fingerprint density at radius 3 is 2.37 bits per heavy atom. The molecule has 0 radical (unpaired) electrons. The van der Waals surface area contributed by atoms with E-state index in [4.69, 9.17) is 9.47 Å². The van der Waals surface area contributed by atoms with Crippen LogP contribution < -0.4 is 20.1 Å². The molecule has 2 amide bonds. The van der Waals surface area contributed by atoms with Crippen molar-refractivity contribution in [3.8, 4) is 11.5 Å². The van der Waals surface area contributed by atoms with Crippen molar-refractivity contribution in [2.24, 2.45) is 0 Å². The van der Waals surface area contributed by atoms with Gasteiger partial charge in [-0.1, -0.05) is 40.2 Å². The van der Waals surface area contributed by atoms with E-state index in [9.17, 15) is 32.7 Å². The van der Waals surface area contributed by atoms with Crippen LogP contribution in [0.2, 0.25) is 0 Å². The summed E-state index contributed by atoms with van der Waals surface area (Å²) < 4.78 is 52.4. The first-order chi connectivity index (χ1) is 21.9. The molecule has 1 unspecified atom stereocenters. The van der Waals surface area contributed by atoms with Gasteiger partial charge >= 0.3 is 12.1 Å². The summed E-state index contributed by atoms with van der Waals surface area (Å²) in [5.74, 6) is -1.83. The lowest BCUT2D eigenvalue weighted by molar-refractivity contribution is -0.139. The van der Waals surface area contributed by atoms with Crippen molar-refractivity contribution in [3.05, 3.63) is 117 Å². The lowest BCUT2D eigenvalue weighted by Gasteiger charge is -2.21. The number of nitrogens with one attached hydrogen (secondary N) is 2. The maximum atomic E-state index is 13.5. The fourth-order valence-corrected chi connectivity index (χ4v) is 5.18. The Morgan fingerprint density at radius 2 is 1.72 bits per heavy atom. The Kier molecular flexibility index (Phi) is 9.52. The number of aliphatic carboxylic acids is 1. The van der Waals surface area contributed by atoms with Gasteiger partial charge in [-0.15, -0.1) is 0 Å². The van der Waals surface area contributed by atoms with Crippen molar-refractivity contribution in [2.75, 3.05) is 24.3 Å². The molecule has 9 nitrogen and oxygen atoms in total. The zero-order valence-corrected chi connectivity index (χ0v) is 25.8. The number of ether oxygens (including phenoxy) is 2. The minimum atomic E-state index is -4.68. The number of anilines is 2. The van der Waals surface area contributed by atoms with Gasteiger partial charge in [0.1, 0.15) is 18.0 Å². The molecule has 0 spiro atoms. The van der Waals surface area contributed by atoms with Crippen LogP contribution in [0.15, 0.2) is 89.4 Å². The number of carboxylic acids is 1. The Hall–Kier alpha value is -5.04. The number of benzene rings is 4. The lowest BCUT2D eigenvalue weighted by atomic mass is 10.0. The summed E-state index contributed by atoms with van der Waals surface area (Å²) in [6.07, 6.45) is -5.63. The topological polar surface area (TPSA) is 117 Å². The van der Waals surface area contributed by atoms with Crippen LogP contribution in [0.4, 0.5) is 24.5 Å². The molecular weight excluding hydrogens is 671 g/mol. The van der Waals surface area contributed by atoms with E-state index in [2.05, 4.69) is 26.6 Å². The summed E-state index contributed by atoms with van der Waals surface area (Å²) in [7, 11) is 1.25. The first-order valence-electron chi connectivity index (χ1n) is 13.9. The molecule has 0 bridgehead atoms. The van der Waals surface area contributed by atoms with Crippen LogP contribution in [-0.2, 0) is 28.7 Å². The number of hydrogen-bond donors (Lipinski definition) is 3.